The summed E-state index contributed by atoms with van der Waals surface area (Å²) in [5.41, 5.74) is 1.99. The van der Waals surface area contributed by atoms with Gasteiger partial charge in [-0.2, -0.15) is 0 Å². The molecule has 1 saturated heterocycles. The quantitative estimate of drug-likeness (QED) is 0.571. The van der Waals surface area contributed by atoms with Gasteiger partial charge in [-0.3, -0.25) is 14.5 Å². The highest BCUT2D eigenvalue weighted by atomic mass is 16.2. The van der Waals surface area contributed by atoms with Crippen molar-refractivity contribution in [1.82, 2.24) is 9.80 Å². The molecule has 2 amide bonds. The van der Waals surface area contributed by atoms with E-state index in [0.717, 1.165) is 45.3 Å². The summed E-state index contributed by atoms with van der Waals surface area (Å²) < 4.78 is 0. The van der Waals surface area contributed by atoms with Crippen LogP contribution in [-0.2, 0) is 22.4 Å². The van der Waals surface area contributed by atoms with Crippen molar-refractivity contribution in [3.05, 3.63) is 35.4 Å². The number of unbranched alkanes of at least 4 members (excludes halogenated alkanes) is 1. The van der Waals surface area contributed by atoms with Crippen LogP contribution in [-0.4, -0.2) is 47.8 Å². The number of hydrogen-bond donors (Lipinski definition) is 0. The molecule has 1 aromatic carbocycles. The molecule has 130 valence electrons. The van der Waals surface area contributed by atoms with Gasteiger partial charge < -0.3 is 4.90 Å². The van der Waals surface area contributed by atoms with E-state index < -0.39 is 5.41 Å². The Labute approximate surface area is 144 Å². The molecular weight excluding hydrogens is 300 g/mol. The van der Waals surface area contributed by atoms with Crippen molar-refractivity contribution in [2.75, 3.05) is 26.2 Å². The van der Waals surface area contributed by atoms with E-state index in [0.29, 0.717) is 13.0 Å². The second kappa shape index (κ2) is 7.06. The van der Waals surface area contributed by atoms with Crippen LogP contribution < -0.4 is 0 Å². The minimum Gasteiger partial charge on any atom is -0.304 e. The van der Waals surface area contributed by atoms with Gasteiger partial charge in [0.25, 0.3) is 0 Å². The number of rotatable bonds is 7. The number of carbonyl (C=O) groups is 2. The Morgan fingerprint density at radius 3 is 2.21 bits per heavy atom. The summed E-state index contributed by atoms with van der Waals surface area (Å²) in [6.45, 7) is 8.06. The molecule has 1 heterocycles. The average Bonchev–Trinajstić information content (AvgIpc) is 3.06. The highest BCUT2D eigenvalue weighted by Gasteiger charge is 2.53. The lowest BCUT2D eigenvalue weighted by molar-refractivity contribution is -0.141. The van der Waals surface area contributed by atoms with E-state index in [2.05, 4.69) is 30.9 Å². The van der Waals surface area contributed by atoms with E-state index in [1.54, 1.807) is 0 Å². The molecule has 4 heteroatoms. The fourth-order valence-electron chi connectivity index (χ4n) is 4.20. The zero-order valence-electron chi connectivity index (χ0n) is 14.9. The van der Waals surface area contributed by atoms with Crippen LogP contribution in [0.4, 0.5) is 0 Å². The number of fused-ring (bicyclic) bond motifs is 1. The maximum atomic E-state index is 12.9. The minimum absolute atomic E-state index is 0.0237. The van der Waals surface area contributed by atoms with Gasteiger partial charge in [0.1, 0.15) is 0 Å². The predicted octanol–water partition coefficient (Wildman–Crippen LogP) is 2.65. The van der Waals surface area contributed by atoms with Gasteiger partial charge in [-0.15, -0.1) is 0 Å². The fraction of sp³-hybridized carbons (Fsp3) is 0.600. The van der Waals surface area contributed by atoms with Gasteiger partial charge in [0.2, 0.25) is 11.8 Å². The first-order valence-corrected chi connectivity index (χ1v) is 9.23. The molecule has 1 aliphatic heterocycles. The number of likely N-dealkylation sites (tertiary alicyclic amines) is 1. The SMILES string of the molecule is CCN(CC)CCCCN1C(=O)CC2(Cc3ccccc3C2)C1=O. The standard InChI is InChI=1S/C20H28N2O2/c1-3-21(4-2)11-7-8-12-22-18(23)15-20(19(22)24)13-16-9-5-6-10-17(16)14-20/h5-6,9-10H,3-4,7-8,11-15H2,1-2H3. The first-order chi connectivity index (χ1) is 11.6. The lowest BCUT2D eigenvalue weighted by Crippen LogP contribution is -2.37. The van der Waals surface area contributed by atoms with Crippen LogP contribution in [0.3, 0.4) is 0 Å². The molecule has 0 saturated carbocycles. The van der Waals surface area contributed by atoms with Crippen LogP contribution in [0, 0.1) is 5.41 Å². The Hall–Kier alpha value is -1.68. The highest BCUT2D eigenvalue weighted by molar-refractivity contribution is 6.06. The topological polar surface area (TPSA) is 40.6 Å². The molecule has 0 aromatic heterocycles. The minimum atomic E-state index is -0.486. The van der Waals surface area contributed by atoms with Gasteiger partial charge in [-0.1, -0.05) is 38.1 Å². The van der Waals surface area contributed by atoms with E-state index in [-0.39, 0.29) is 11.8 Å². The van der Waals surface area contributed by atoms with Crippen LogP contribution in [0.2, 0.25) is 0 Å². The van der Waals surface area contributed by atoms with Gasteiger partial charge in [-0.05, 0) is 56.4 Å². The number of carbonyl (C=O) groups excluding carboxylic acids is 2. The zero-order chi connectivity index (χ0) is 17.2. The van der Waals surface area contributed by atoms with Gasteiger partial charge in [0, 0.05) is 13.0 Å². The molecule has 0 atom stereocenters. The largest absolute Gasteiger partial charge is 0.304 e. The first kappa shape index (κ1) is 17.2. The monoisotopic (exact) mass is 328 g/mol. The summed E-state index contributed by atoms with van der Waals surface area (Å²) in [5, 5.41) is 0. The molecule has 0 N–H and O–H groups in total. The lowest BCUT2D eigenvalue weighted by atomic mass is 9.83. The van der Waals surface area contributed by atoms with E-state index in [1.165, 1.54) is 16.0 Å². The van der Waals surface area contributed by atoms with E-state index in [9.17, 15) is 9.59 Å². The van der Waals surface area contributed by atoms with Crippen LogP contribution in [0.1, 0.15) is 44.2 Å². The summed E-state index contributed by atoms with van der Waals surface area (Å²) in [6, 6.07) is 8.22. The van der Waals surface area contributed by atoms with Crippen LogP contribution in [0.5, 0.6) is 0 Å². The molecule has 0 unspecified atom stereocenters. The molecule has 4 nitrogen and oxygen atoms in total. The maximum Gasteiger partial charge on any atom is 0.236 e. The molecule has 3 rings (SSSR count). The number of imide groups is 1. The summed E-state index contributed by atoms with van der Waals surface area (Å²) in [4.78, 5) is 29.3. The molecule has 1 aliphatic carbocycles. The molecular formula is C20H28N2O2. The van der Waals surface area contributed by atoms with Crippen LogP contribution in [0.25, 0.3) is 0 Å². The summed E-state index contributed by atoms with van der Waals surface area (Å²) in [7, 11) is 0. The molecule has 2 aliphatic rings. The summed E-state index contributed by atoms with van der Waals surface area (Å²) >= 11 is 0. The molecule has 24 heavy (non-hydrogen) atoms. The van der Waals surface area contributed by atoms with Gasteiger partial charge in [0.05, 0.1) is 5.41 Å². The summed E-state index contributed by atoms with van der Waals surface area (Å²) in [6.07, 6.45) is 3.77. The van der Waals surface area contributed by atoms with Crippen molar-refractivity contribution in [2.24, 2.45) is 5.41 Å². The molecule has 0 radical (unpaired) electrons. The predicted molar refractivity (Wildman–Crippen MR) is 94.6 cm³/mol. The van der Waals surface area contributed by atoms with Gasteiger partial charge in [-0.25, -0.2) is 0 Å². The van der Waals surface area contributed by atoms with Crippen molar-refractivity contribution >= 4 is 11.8 Å². The Kier molecular flexibility index (Phi) is 5.04. The first-order valence-electron chi connectivity index (χ1n) is 9.23. The van der Waals surface area contributed by atoms with Crippen molar-refractivity contribution in [2.45, 2.75) is 46.0 Å². The van der Waals surface area contributed by atoms with Crippen molar-refractivity contribution < 1.29 is 9.59 Å². The second-order valence-electron chi connectivity index (χ2n) is 7.16. The van der Waals surface area contributed by atoms with E-state index in [1.807, 2.05) is 12.1 Å². The van der Waals surface area contributed by atoms with E-state index >= 15 is 0 Å². The normalized spacial score (nSPS) is 18.9. The van der Waals surface area contributed by atoms with Crippen molar-refractivity contribution in [3.63, 3.8) is 0 Å². The Bertz CT molecular complexity index is 597. The molecule has 1 aromatic rings. The van der Waals surface area contributed by atoms with E-state index in [4.69, 9.17) is 0 Å². The number of amides is 2. The zero-order valence-corrected chi connectivity index (χ0v) is 14.9. The number of nitrogens with zero attached hydrogens (tertiary/aromatic N) is 2. The third-order valence-corrected chi connectivity index (χ3v) is 5.67. The third kappa shape index (κ3) is 3.12. The van der Waals surface area contributed by atoms with Gasteiger partial charge in [0.15, 0.2) is 0 Å². The van der Waals surface area contributed by atoms with Crippen LogP contribution in [0.15, 0.2) is 24.3 Å². The van der Waals surface area contributed by atoms with Crippen molar-refractivity contribution in [1.29, 1.82) is 0 Å². The van der Waals surface area contributed by atoms with Crippen LogP contribution >= 0.6 is 0 Å². The van der Waals surface area contributed by atoms with Gasteiger partial charge >= 0.3 is 0 Å². The highest BCUT2D eigenvalue weighted by Crippen LogP contribution is 2.45. The summed E-state index contributed by atoms with van der Waals surface area (Å²) in [5.74, 6) is 0.0854. The number of hydrogen-bond acceptors (Lipinski definition) is 3. The third-order valence-electron chi connectivity index (χ3n) is 5.67. The smallest absolute Gasteiger partial charge is 0.236 e. The second-order valence-corrected chi connectivity index (χ2v) is 7.16. The fourth-order valence-corrected chi connectivity index (χ4v) is 4.20. The number of benzene rings is 1. The Morgan fingerprint density at radius 1 is 1.00 bits per heavy atom. The average molecular weight is 328 g/mol. The molecule has 1 fully saturated rings. The Morgan fingerprint density at radius 2 is 1.62 bits per heavy atom. The lowest BCUT2D eigenvalue weighted by Gasteiger charge is -2.22. The maximum absolute atomic E-state index is 12.9. The molecule has 1 spiro atoms. The molecule has 0 bridgehead atoms. The Balaban J connectivity index is 1.58. The van der Waals surface area contributed by atoms with Crippen molar-refractivity contribution in [3.8, 4) is 0 Å².